The number of aryl methyl sites for hydroxylation is 1. The maximum atomic E-state index is 14.1. The number of carbonyl (C=O) groups excluding carboxylic acids is 3. The van der Waals surface area contributed by atoms with Crippen LogP contribution in [0.4, 0.5) is 18.9 Å². The first-order chi connectivity index (χ1) is 22.0. The standard InChI is InChI=1S/C35H30ClF3N4O3/c1-3-19-40-33(45)30(22-13-8-5-9-14-22)42-34(46)31-29(36)25-20-23(17-18-27(25)43(31)2)41-32(44)28-24(21-11-6-4-7-12-21)15-10-16-26(28)35(37,38)39/h4-18,20,30H,3,19H2,1-2H3,(H,40,45)(H,41,44)(H,42,46). The lowest BCUT2D eigenvalue weighted by atomic mass is 9.94. The van der Waals surface area contributed by atoms with E-state index >= 15 is 0 Å². The van der Waals surface area contributed by atoms with E-state index in [1.54, 1.807) is 78.3 Å². The molecule has 0 bridgehead atoms. The van der Waals surface area contributed by atoms with Crippen LogP contribution in [0.5, 0.6) is 0 Å². The van der Waals surface area contributed by atoms with Gasteiger partial charge in [0.25, 0.3) is 11.8 Å². The molecule has 0 spiro atoms. The summed E-state index contributed by atoms with van der Waals surface area (Å²) >= 11 is 6.72. The Bertz CT molecular complexity index is 1910. The third-order valence-electron chi connectivity index (χ3n) is 7.51. The molecule has 0 aliphatic rings. The number of benzene rings is 4. The highest BCUT2D eigenvalue weighted by molar-refractivity contribution is 6.39. The summed E-state index contributed by atoms with van der Waals surface area (Å²) < 4.78 is 43.8. The Kier molecular flexibility index (Phi) is 9.48. The topological polar surface area (TPSA) is 92.2 Å². The molecule has 236 valence electrons. The summed E-state index contributed by atoms with van der Waals surface area (Å²) in [5.74, 6) is -1.95. The molecule has 1 heterocycles. The minimum absolute atomic E-state index is 0.0487. The molecule has 0 fully saturated rings. The quantitative estimate of drug-likeness (QED) is 0.153. The van der Waals surface area contributed by atoms with Gasteiger partial charge in [-0.3, -0.25) is 14.4 Å². The highest BCUT2D eigenvalue weighted by atomic mass is 35.5. The average Bonchev–Trinajstić information content (AvgIpc) is 3.30. The number of hydrogen-bond acceptors (Lipinski definition) is 3. The summed E-state index contributed by atoms with van der Waals surface area (Å²) in [6, 6.07) is 24.3. The molecule has 0 aliphatic carbocycles. The van der Waals surface area contributed by atoms with E-state index in [9.17, 15) is 27.6 Å². The summed E-state index contributed by atoms with van der Waals surface area (Å²) in [4.78, 5) is 40.1. The smallest absolute Gasteiger partial charge is 0.354 e. The zero-order valence-corrected chi connectivity index (χ0v) is 25.7. The van der Waals surface area contributed by atoms with Crippen molar-refractivity contribution in [2.45, 2.75) is 25.6 Å². The Morgan fingerprint density at radius 3 is 2.20 bits per heavy atom. The monoisotopic (exact) mass is 646 g/mol. The zero-order chi connectivity index (χ0) is 33.0. The molecule has 7 nitrogen and oxygen atoms in total. The maximum Gasteiger partial charge on any atom is 0.417 e. The molecule has 4 aromatic carbocycles. The van der Waals surface area contributed by atoms with Crippen LogP contribution in [0.3, 0.4) is 0 Å². The second kappa shape index (κ2) is 13.5. The van der Waals surface area contributed by atoms with E-state index in [0.29, 0.717) is 35.0 Å². The molecule has 3 N–H and O–H groups in total. The Morgan fingerprint density at radius 2 is 1.54 bits per heavy atom. The maximum absolute atomic E-state index is 14.1. The fourth-order valence-corrected chi connectivity index (χ4v) is 5.67. The first-order valence-electron chi connectivity index (χ1n) is 14.5. The lowest BCUT2D eigenvalue weighted by molar-refractivity contribution is -0.137. The van der Waals surface area contributed by atoms with E-state index in [-0.39, 0.29) is 27.9 Å². The van der Waals surface area contributed by atoms with Crippen LogP contribution in [0.15, 0.2) is 97.1 Å². The predicted molar refractivity (Wildman–Crippen MR) is 173 cm³/mol. The first-order valence-corrected chi connectivity index (χ1v) is 14.9. The number of fused-ring (bicyclic) bond motifs is 1. The number of nitrogens with zero attached hydrogens (tertiary/aromatic N) is 1. The van der Waals surface area contributed by atoms with Gasteiger partial charge in [0, 0.05) is 24.7 Å². The van der Waals surface area contributed by atoms with E-state index in [4.69, 9.17) is 11.6 Å². The number of alkyl halides is 3. The normalized spacial score (nSPS) is 12.0. The van der Waals surface area contributed by atoms with Gasteiger partial charge >= 0.3 is 6.18 Å². The molecule has 5 rings (SSSR count). The van der Waals surface area contributed by atoms with Crippen LogP contribution in [0.1, 0.15) is 51.4 Å². The molecule has 5 aromatic rings. The van der Waals surface area contributed by atoms with Gasteiger partial charge in [-0.1, -0.05) is 91.3 Å². The van der Waals surface area contributed by atoms with Crippen molar-refractivity contribution < 1.29 is 27.6 Å². The molecule has 1 atom stereocenters. The van der Waals surface area contributed by atoms with E-state index in [1.165, 1.54) is 24.3 Å². The van der Waals surface area contributed by atoms with Crippen molar-refractivity contribution in [3.8, 4) is 11.1 Å². The van der Waals surface area contributed by atoms with Crippen molar-refractivity contribution in [2.24, 2.45) is 7.05 Å². The van der Waals surface area contributed by atoms with Crippen LogP contribution in [-0.4, -0.2) is 28.8 Å². The molecule has 1 unspecified atom stereocenters. The van der Waals surface area contributed by atoms with Gasteiger partial charge < -0.3 is 20.5 Å². The van der Waals surface area contributed by atoms with Gasteiger partial charge in [0.1, 0.15) is 11.7 Å². The highest BCUT2D eigenvalue weighted by Gasteiger charge is 2.37. The van der Waals surface area contributed by atoms with Crippen LogP contribution in [0.25, 0.3) is 22.0 Å². The Hall–Kier alpha value is -5.09. The van der Waals surface area contributed by atoms with Crippen molar-refractivity contribution in [2.75, 3.05) is 11.9 Å². The van der Waals surface area contributed by atoms with Crippen LogP contribution in [-0.2, 0) is 18.0 Å². The molecular weight excluding hydrogens is 617 g/mol. The van der Waals surface area contributed by atoms with Crippen molar-refractivity contribution in [3.05, 3.63) is 124 Å². The van der Waals surface area contributed by atoms with Gasteiger partial charge in [-0.2, -0.15) is 13.2 Å². The van der Waals surface area contributed by atoms with Crippen molar-refractivity contribution >= 4 is 45.9 Å². The molecule has 0 radical (unpaired) electrons. The third-order valence-corrected chi connectivity index (χ3v) is 7.89. The van der Waals surface area contributed by atoms with Crippen LogP contribution in [0.2, 0.25) is 5.02 Å². The summed E-state index contributed by atoms with van der Waals surface area (Å²) in [7, 11) is 1.63. The molecule has 0 aliphatic heterocycles. The van der Waals surface area contributed by atoms with E-state index in [1.807, 2.05) is 6.92 Å². The summed E-state index contributed by atoms with van der Waals surface area (Å²) in [6.45, 7) is 2.35. The van der Waals surface area contributed by atoms with Gasteiger partial charge in [-0.15, -0.1) is 0 Å². The zero-order valence-electron chi connectivity index (χ0n) is 24.9. The minimum atomic E-state index is -4.78. The number of hydrogen-bond donors (Lipinski definition) is 3. The van der Waals surface area contributed by atoms with Crippen LogP contribution >= 0.6 is 11.6 Å². The summed E-state index contributed by atoms with van der Waals surface area (Å²) in [6.07, 6.45) is -4.07. The Morgan fingerprint density at radius 1 is 0.870 bits per heavy atom. The van der Waals surface area contributed by atoms with Gasteiger partial charge in [0.2, 0.25) is 5.91 Å². The van der Waals surface area contributed by atoms with E-state index in [2.05, 4.69) is 16.0 Å². The molecule has 0 saturated carbocycles. The van der Waals surface area contributed by atoms with E-state index < -0.39 is 35.2 Å². The average molecular weight is 647 g/mol. The molecular formula is C35H30ClF3N4O3. The SMILES string of the molecule is CCCNC(=O)C(NC(=O)c1c(Cl)c2cc(NC(=O)c3c(-c4ccccc4)cccc3C(F)(F)F)ccc2n1C)c1ccccc1. The summed E-state index contributed by atoms with van der Waals surface area (Å²) in [5, 5.41) is 8.60. The number of anilines is 1. The van der Waals surface area contributed by atoms with Crippen LogP contribution in [0, 0.1) is 0 Å². The molecule has 11 heteroatoms. The highest BCUT2D eigenvalue weighted by Crippen LogP contribution is 2.38. The predicted octanol–water partition coefficient (Wildman–Crippen LogP) is 7.77. The number of nitrogens with one attached hydrogen (secondary N) is 3. The van der Waals surface area contributed by atoms with Crippen molar-refractivity contribution in [1.82, 2.24) is 15.2 Å². The fraction of sp³-hybridized carbons (Fsp3) is 0.171. The molecule has 0 saturated heterocycles. The summed E-state index contributed by atoms with van der Waals surface area (Å²) in [5.41, 5.74) is 0.342. The molecule has 3 amide bonds. The number of halogens is 4. The van der Waals surface area contributed by atoms with Gasteiger partial charge in [-0.25, -0.2) is 0 Å². The fourth-order valence-electron chi connectivity index (χ4n) is 5.31. The Labute approximate surface area is 268 Å². The lowest BCUT2D eigenvalue weighted by Gasteiger charge is -2.19. The Balaban J connectivity index is 1.48. The minimum Gasteiger partial charge on any atom is -0.354 e. The van der Waals surface area contributed by atoms with Gasteiger partial charge in [0.05, 0.1) is 21.7 Å². The number of rotatable bonds is 9. The molecule has 1 aromatic heterocycles. The first kappa shape index (κ1) is 32.3. The largest absolute Gasteiger partial charge is 0.417 e. The van der Waals surface area contributed by atoms with Gasteiger partial charge in [-0.05, 0) is 47.4 Å². The van der Waals surface area contributed by atoms with Crippen molar-refractivity contribution in [1.29, 1.82) is 0 Å². The number of amides is 3. The van der Waals surface area contributed by atoms with Gasteiger partial charge in [0.15, 0.2) is 0 Å². The lowest BCUT2D eigenvalue weighted by Crippen LogP contribution is -2.41. The number of carbonyl (C=O) groups is 3. The van der Waals surface area contributed by atoms with Crippen LogP contribution < -0.4 is 16.0 Å². The second-order valence-electron chi connectivity index (χ2n) is 10.6. The number of aromatic nitrogens is 1. The van der Waals surface area contributed by atoms with E-state index in [0.717, 1.165) is 6.07 Å². The molecule has 46 heavy (non-hydrogen) atoms. The van der Waals surface area contributed by atoms with Crippen molar-refractivity contribution in [3.63, 3.8) is 0 Å². The second-order valence-corrected chi connectivity index (χ2v) is 11.0. The third kappa shape index (κ3) is 6.62.